The maximum absolute atomic E-state index is 10.1. The van der Waals surface area contributed by atoms with Gasteiger partial charge in [0, 0.05) is 82.2 Å². The van der Waals surface area contributed by atoms with Gasteiger partial charge in [-0.25, -0.2) is 4.79 Å². The average Bonchev–Trinajstić information content (AvgIpc) is 2.96. The van der Waals surface area contributed by atoms with Crippen LogP contribution in [0.25, 0.3) is 0 Å². The van der Waals surface area contributed by atoms with Crippen LogP contribution >= 0.6 is 12.2 Å². The number of ether oxygens (including phenoxy) is 3. The van der Waals surface area contributed by atoms with Crippen LogP contribution in [0.5, 0.6) is 0 Å². The van der Waals surface area contributed by atoms with Gasteiger partial charge >= 0.3 is 18.0 Å². The minimum Gasteiger partial charge on any atom is -0.469 e. The van der Waals surface area contributed by atoms with Crippen molar-refractivity contribution in [3.05, 3.63) is 0 Å². The molecule has 0 rings (SSSR count). The van der Waals surface area contributed by atoms with Gasteiger partial charge in [0.2, 0.25) is 11.8 Å². The van der Waals surface area contributed by atoms with Crippen LogP contribution in [0.15, 0.2) is 0 Å². The molecule has 0 heterocycles. The second-order valence-electron chi connectivity index (χ2n) is 6.20. The molecule has 40 heavy (non-hydrogen) atoms. The Morgan fingerprint density at radius 3 is 1.10 bits per heavy atom. The lowest BCUT2D eigenvalue weighted by Gasteiger charge is -1.95. The van der Waals surface area contributed by atoms with Crippen LogP contribution < -0.4 is 31.9 Å². The molecule has 0 aliphatic carbocycles. The van der Waals surface area contributed by atoms with Gasteiger partial charge in [-0.2, -0.15) is 0 Å². The molecule has 0 radical (unpaired) electrons. The van der Waals surface area contributed by atoms with Gasteiger partial charge in [-0.3, -0.25) is 19.2 Å². The number of methoxy groups -OCH3 is 2. The summed E-state index contributed by atoms with van der Waals surface area (Å²) in [7, 11) is 11.4. The number of amides is 4. The Balaban J connectivity index is -0.0000000637. The Morgan fingerprint density at radius 1 is 0.675 bits per heavy atom. The molecule has 15 heteroatoms. The molecular weight excluding hydrogens is 544 g/mol. The normalized spacial score (nSPS) is 7.45. The first kappa shape index (κ1) is 53.1. The topological polar surface area (TPSA) is 185 Å². The summed E-state index contributed by atoms with van der Waals surface area (Å²) in [5, 5.41) is 15.9. The van der Waals surface area contributed by atoms with E-state index in [0.717, 1.165) is 13.2 Å². The van der Waals surface area contributed by atoms with Crippen LogP contribution in [0.2, 0.25) is 0 Å². The van der Waals surface area contributed by atoms with E-state index < -0.39 is 0 Å². The SMILES string of the molecule is CCC(=O)NC.CCC(=O)OC.CCNC(C)=O.CCOC.CCOC(C)=O.CNC(=O)NC.CNC(=S)NC. The maximum Gasteiger partial charge on any atom is 0.314 e. The third-order valence-corrected chi connectivity index (χ3v) is 3.49. The Bertz CT molecular complexity index is 492. The Kier molecular flexibility index (Phi) is 69.4. The van der Waals surface area contributed by atoms with Crippen molar-refractivity contribution in [1.29, 1.82) is 0 Å². The molecule has 4 amide bonds. The van der Waals surface area contributed by atoms with Crippen molar-refractivity contribution in [2.45, 2.75) is 61.3 Å². The number of esters is 2. The molecule has 14 nitrogen and oxygen atoms in total. The second kappa shape index (κ2) is 52.3. The molecular formula is C25H58N6O8S. The van der Waals surface area contributed by atoms with Gasteiger partial charge < -0.3 is 46.1 Å². The fourth-order valence-electron chi connectivity index (χ4n) is 1.02. The van der Waals surface area contributed by atoms with Gasteiger partial charge in [-0.15, -0.1) is 0 Å². The predicted octanol–water partition coefficient (Wildman–Crippen LogP) is 1.33. The van der Waals surface area contributed by atoms with Crippen molar-refractivity contribution in [2.24, 2.45) is 0 Å². The number of nitrogens with one attached hydrogen (secondary N) is 6. The van der Waals surface area contributed by atoms with E-state index in [1.165, 1.54) is 21.0 Å². The molecule has 242 valence electrons. The molecule has 0 bridgehead atoms. The van der Waals surface area contributed by atoms with Gasteiger partial charge in [0.25, 0.3) is 0 Å². The van der Waals surface area contributed by atoms with Crippen LogP contribution in [-0.4, -0.2) is 104 Å². The van der Waals surface area contributed by atoms with Gasteiger partial charge in [-0.1, -0.05) is 13.8 Å². The summed E-state index contributed by atoms with van der Waals surface area (Å²) in [5.41, 5.74) is 0. The summed E-state index contributed by atoms with van der Waals surface area (Å²) < 4.78 is 13.2. The number of rotatable bonds is 5. The first-order chi connectivity index (χ1) is 18.7. The van der Waals surface area contributed by atoms with E-state index in [9.17, 15) is 24.0 Å². The second-order valence-corrected chi connectivity index (χ2v) is 6.61. The highest BCUT2D eigenvalue weighted by Gasteiger charge is 1.87. The molecule has 0 unspecified atom stereocenters. The van der Waals surface area contributed by atoms with Gasteiger partial charge in [0.1, 0.15) is 0 Å². The molecule has 0 aromatic rings. The summed E-state index contributed by atoms with van der Waals surface area (Å²) in [4.78, 5) is 49.7. The zero-order valence-electron chi connectivity index (χ0n) is 27.2. The lowest BCUT2D eigenvalue weighted by molar-refractivity contribution is -0.141. The minimum atomic E-state index is -0.211. The Morgan fingerprint density at radius 2 is 1.10 bits per heavy atom. The molecule has 0 spiro atoms. The fourth-order valence-corrected chi connectivity index (χ4v) is 1.02. The summed E-state index contributed by atoms with van der Waals surface area (Å²) in [6.45, 7) is 14.1. The van der Waals surface area contributed by atoms with Crippen molar-refractivity contribution in [3.8, 4) is 0 Å². The number of carbonyl (C=O) groups is 5. The molecule has 0 aliphatic heterocycles. The fraction of sp³-hybridized carbons (Fsp3) is 0.760. The van der Waals surface area contributed by atoms with Crippen LogP contribution in [0.1, 0.15) is 61.3 Å². The van der Waals surface area contributed by atoms with Crippen molar-refractivity contribution in [2.75, 3.05) is 69.2 Å². The number of carbonyl (C=O) groups excluding carboxylic acids is 5. The van der Waals surface area contributed by atoms with Gasteiger partial charge in [0.05, 0.1) is 13.7 Å². The van der Waals surface area contributed by atoms with Crippen molar-refractivity contribution < 1.29 is 38.2 Å². The average molecular weight is 603 g/mol. The zero-order chi connectivity index (χ0) is 33.4. The maximum atomic E-state index is 10.1. The molecule has 0 fully saturated rings. The van der Waals surface area contributed by atoms with E-state index in [0.29, 0.717) is 24.6 Å². The lowest BCUT2D eigenvalue weighted by Crippen LogP contribution is -2.28. The summed E-state index contributed by atoms with van der Waals surface area (Å²) >= 11 is 4.63. The number of hydrogen-bond donors (Lipinski definition) is 6. The highest BCUT2D eigenvalue weighted by atomic mass is 32.1. The quantitative estimate of drug-likeness (QED) is 0.197. The standard InChI is InChI=1S/2C4H9NO.2C4H8O2.C3H8N2O.C3H8N2S.C3H8O/c1-3-4(6)5-2;1-3-5-4(2)6;1-3-4(5)6-2;1-3-6-4(2)5;2*1-4-3(6)5-2;1-3-4-2/h2*3H2,1-2H3,(H,5,6);2*3H2,1-2H3;2*1-2H3,(H2,4,5,6);3H2,1-2H3. The number of hydrogen-bond acceptors (Lipinski definition) is 9. The van der Waals surface area contributed by atoms with E-state index >= 15 is 0 Å². The number of urea groups is 1. The van der Waals surface area contributed by atoms with Crippen LogP contribution in [0.3, 0.4) is 0 Å². The summed E-state index contributed by atoms with van der Waals surface area (Å²) in [6, 6.07) is -0.157. The first-order valence-electron chi connectivity index (χ1n) is 12.6. The van der Waals surface area contributed by atoms with Crippen LogP contribution in [0, 0.1) is 0 Å². The van der Waals surface area contributed by atoms with E-state index in [1.807, 2.05) is 20.8 Å². The van der Waals surface area contributed by atoms with Crippen molar-refractivity contribution >= 4 is 47.1 Å². The van der Waals surface area contributed by atoms with E-state index in [-0.39, 0.29) is 29.8 Å². The van der Waals surface area contributed by atoms with Crippen LogP contribution in [0.4, 0.5) is 4.79 Å². The summed E-state index contributed by atoms with van der Waals surface area (Å²) in [6.07, 6.45) is 1.05. The molecule has 0 saturated carbocycles. The molecule has 6 N–H and O–H groups in total. The lowest BCUT2D eigenvalue weighted by atomic mass is 10.5. The highest BCUT2D eigenvalue weighted by Crippen LogP contribution is 1.76. The van der Waals surface area contributed by atoms with Gasteiger partial charge in [-0.05, 0) is 33.0 Å². The van der Waals surface area contributed by atoms with E-state index in [2.05, 4.69) is 58.3 Å². The predicted molar refractivity (Wildman–Crippen MR) is 165 cm³/mol. The van der Waals surface area contributed by atoms with Crippen molar-refractivity contribution in [1.82, 2.24) is 31.9 Å². The molecule has 0 aromatic carbocycles. The molecule has 0 saturated heterocycles. The minimum absolute atomic E-state index is 0.0394. The third-order valence-electron chi connectivity index (χ3n) is 3.09. The highest BCUT2D eigenvalue weighted by molar-refractivity contribution is 7.80. The Labute approximate surface area is 247 Å². The molecule has 0 atom stereocenters. The number of thiocarbonyl (C=S) groups is 1. The van der Waals surface area contributed by atoms with Gasteiger partial charge in [0.15, 0.2) is 5.11 Å². The van der Waals surface area contributed by atoms with E-state index in [4.69, 9.17) is 0 Å². The molecule has 0 aliphatic rings. The summed E-state index contributed by atoms with van der Waals surface area (Å²) in [5.74, 6) is -0.236. The zero-order valence-corrected chi connectivity index (χ0v) is 28.0. The third kappa shape index (κ3) is 101. The monoisotopic (exact) mass is 602 g/mol. The van der Waals surface area contributed by atoms with Crippen molar-refractivity contribution in [3.63, 3.8) is 0 Å². The first-order valence-corrected chi connectivity index (χ1v) is 13.0. The molecule has 0 aromatic heterocycles. The largest absolute Gasteiger partial charge is 0.469 e. The van der Waals surface area contributed by atoms with Crippen LogP contribution in [-0.2, 0) is 33.4 Å². The van der Waals surface area contributed by atoms with E-state index in [1.54, 1.807) is 56.2 Å². The smallest absolute Gasteiger partial charge is 0.314 e. The Hall–Kier alpha value is -3.20.